The molecule has 0 saturated heterocycles. The summed E-state index contributed by atoms with van der Waals surface area (Å²) in [4.78, 5) is 11.5. The second kappa shape index (κ2) is 5.81. The van der Waals surface area contributed by atoms with E-state index < -0.39 is 11.7 Å². The summed E-state index contributed by atoms with van der Waals surface area (Å²) in [6.45, 7) is 0. The van der Waals surface area contributed by atoms with Gasteiger partial charge in [0, 0.05) is 6.20 Å². The highest BCUT2D eigenvalue weighted by atomic mass is 35.5. The summed E-state index contributed by atoms with van der Waals surface area (Å²) in [6, 6.07) is 2.17. The van der Waals surface area contributed by atoms with Gasteiger partial charge in [-0.25, -0.2) is 20.8 Å². The molecular formula is C10H7ClF3N5S. The molecule has 3 N–H and O–H groups in total. The fraction of sp³-hybridized carbons (Fsp3) is 0.100. The molecule has 0 bridgehead atoms. The van der Waals surface area contributed by atoms with E-state index in [1.165, 1.54) is 12.3 Å². The zero-order valence-corrected chi connectivity index (χ0v) is 11.2. The van der Waals surface area contributed by atoms with E-state index in [4.69, 9.17) is 17.4 Å². The zero-order valence-electron chi connectivity index (χ0n) is 9.65. The van der Waals surface area contributed by atoms with Gasteiger partial charge >= 0.3 is 6.18 Å². The number of anilines is 1. The summed E-state index contributed by atoms with van der Waals surface area (Å²) in [5, 5.41) is 0.902. The van der Waals surface area contributed by atoms with Crippen LogP contribution in [0.15, 0.2) is 34.6 Å². The first-order chi connectivity index (χ1) is 9.40. The molecule has 2 heterocycles. The Hall–Kier alpha value is -1.58. The van der Waals surface area contributed by atoms with Crippen LogP contribution in [0.1, 0.15) is 5.56 Å². The Labute approximate surface area is 120 Å². The van der Waals surface area contributed by atoms with Gasteiger partial charge in [0.05, 0.1) is 16.8 Å². The maximum absolute atomic E-state index is 12.4. The number of alkyl halides is 3. The summed E-state index contributed by atoms with van der Waals surface area (Å²) in [5.41, 5.74) is 1.43. The summed E-state index contributed by atoms with van der Waals surface area (Å²) < 4.78 is 37.2. The van der Waals surface area contributed by atoms with E-state index in [0.29, 0.717) is 10.1 Å². The van der Waals surface area contributed by atoms with Crippen molar-refractivity contribution in [1.29, 1.82) is 0 Å². The van der Waals surface area contributed by atoms with Crippen molar-refractivity contribution < 1.29 is 13.2 Å². The van der Waals surface area contributed by atoms with E-state index in [9.17, 15) is 13.2 Å². The molecule has 2 aromatic heterocycles. The third-order valence-electron chi connectivity index (χ3n) is 2.11. The fourth-order valence-corrected chi connectivity index (χ4v) is 2.13. The maximum atomic E-state index is 12.4. The number of hydrogen-bond donors (Lipinski definition) is 2. The molecule has 5 nitrogen and oxygen atoms in total. The van der Waals surface area contributed by atoms with Crippen LogP contribution >= 0.6 is 23.4 Å². The second-order valence-electron chi connectivity index (χ2n) is 3.48. The van der Waals surface area contributed by atoms with Gasteiger partial charge in [-0.15, -0.1) is 0 Å². The largest absolute Gasteiger partial charge is 0.417 e. The lowest BCUT2D eigenvalue weighted by Gasteiger charge is -2.07. The van der Waals surface area contributed by atoms with Gasteiger partial charge in [-0.1, -0.05) is 11.6 Å². The van der Waals surface area contributed by atoms with Gasteiger partial charge in [-0.2, -0.15) is 13.2 Å². The third kappa shape index (κ3) is 3.50. The molecule has 0 radical (unpaired) electrons. The highest BCUT2D eigenvalue weighted by Crippen LogP contribution is 2.33. The van der Waals surface area contributed by atoms with Gasteiger partial charge in [-0.3, -0.25) is 5.43 Å². The molecule has 0 aliphatic carbocycles. The minimum atomic E-state index is -4.42. The van der Waals surface area contributed by atoms with Gasteiger partial charge < -0.3 is 0 Å². The van der Waals surface area contributed by atoms with Crippen LogP contribution in [-0.2, 0) is 6.18 Å². The van der Waals surface area contributed by atoms with Gasteiger partial charge in [0.2, 0.25) is 5.95 Å². The first-order valence-corrected chi connectivity index (χ1v) is 6.30. The molecule has 0 amide bonds. The molecule has 0 aliphatic rings. The van der Waals surface area contributed by atoms with Crippen LogP contribution in [0.2, 0.25) is 5.02 Å². The third-order valence-corrected chi connectivity index (χ3v) is 3.45. The number of halogens is 4. The van der Waals surface area contributed by atoms with Crippen molar-refractivity contribution in [2.45, 2.75) is 16.2 Å². The van der Waals surface area contributed by atoms with Crippen LogP contribution in [0.4, 0.5) is 19.1 Å². The lowest BCUT2D eigenvalue weighted by Crippen LogP contribution is -2.10. The van der Waals surface area contributed by atoms with Crippen LogP contribution in [-0.4, -0.2) is 15.0 Å². The molecule has 0 aliphatic heterocycles. The van der Waals surface area contributed by atoms with Crippen molar-refractivity contribution in [3.05, 3.63) is 35.1 Å². The fourth-order valence-electron chi connectivity index (χ4n) is 1.20. The Morgan fingerprint density at radius 3 is 2.50 bits per heavy atom. The first-order valence-electron chi connectivity index (χ1n) is 5.10. The minimum Gasteiger partial charge on any atom is -0.292 e. The van der Waals surface area contributed by atoms with Gasteiger partial charge in [-0.05, 0) is 23.9 Å². The number of nitrogens with zero attached hydrogens (tertiary/aromatic N) is 3. The Bertz CT molecular complexity index is 605. The van der Waals surface area contributed by atoms with Crippen molar-refractivity contribution in [3.8, 4) is 0 Å². The molecule has 2 aromatic rings. The van der Waals surface area contributed by atoms with Crippen molar-refractivity contribution in [2.24, 2.45) is 5.84 Å². The number of hydrazine groups is 1. The second-order valence-corrected chi connectivity index (χ2v) is 4.89. The molecule has 0 atom stereocenters. The summed E-state index contributed by atoms with van der Waals surface area (Å²) >= 11 is 6.89. The maximum Gasteiger partial charge on any atom is 0.417 e. The monoisotopic (exact) mass is 321 g/mol. The Kier molecular flexibility index (Phi) is 4.31. The normalized spacial score (nSPS) is 11.4. The standard InChI is InChI=1S/C10H7ClF3N5S/c11-6-4-17-9(19-15)18-8(6)20-7-2-1-5(3-16-7)10(12,13)14/h1-4H,15H2,(H,17,18,19). The smallest absolute Gasteiger partial charge is 0.292 e. The highest BCUT2D eigenvalue weighted by molar-refractivity contribution is 7.99. The van der Waals surface area contributed by atoms with E-state index in [1.54, 1.807) is 0 Å². The Balaban J connectivity index is 2.22. The molecular weight excluding hydrogens is 315 g/mol. The number of nitrogens with one attached hydrogen (secondary N) is 1. The summed E-state index contributed by atoms with van der Waals surface area (Å²) in [5.74, 6) is 5.30. The average molecular weight is 322 g/mol. The molecule has 10 heteroatoms. The first kappa shape index (κ1) is 14.8. The van der Waals surface area contributed by atoms with Crippen molar-refractivity contribution in [1.82, 2.24) is 15.0 Å². The molecule has 0 aromatic carbocycles. The molecule has 2 rings (SSSR count). The molecule has 0 unspecified atom stereocenters. The number of aromatic nitrogens is 3. The van der Waals surface area contributed by atoms with Crippen molar-refractivity contribution in [2.75, 3.05) is 5.43 Å². The zero-order chi connectivity index (χ0) is 14.8. The van der Waals surface area contributed by atoms with Crippen LogP contribution < -0.4 is 11.3 Å². The predicted octanol–water partition coefficient (Wildman–Crippen LogP) is 2.98. The number of pyridine rings is 1. The molecule has 0 spiro atoms. The van der Waals surface area contributed by atoms with Gasteiger partial charge in [0.1, 0.15) is 10.1 Å². The number of nitrogen functional groups attached to an aromatic ring is 1. The molecule has 106 valence electrons. The Morgan fingerprint density at radius 1 is 1.20 bits per heavy atom. The van der Waals surface area contributed by atoms with Gasteiger partial charge in [0.15, 0.2) is 0 Å². The number of hydrogen-bond acceptors (Lipinski definition) is 6. The Morgan fingerprint density at radius 2 is 1.95 bits per heavy atom. The predicted molar refractivity (Wildman–Crippen MR) is 68.2 cm³/mol. The summed E-state index contributed by atoms with van der Waals surface area (Å²) in [6.07, 6.45) is -2.34. The molecule has 0 fully saturated rings. The van der Waals surface area contributed by atoms with Gasteiger partial charge in [0.25, 0.3) is 0 Å². The van der Waals surface area contributed by atoms with Crippen molar-refractivity contribution >= 4 is 29.3 Å². The van der Waals surface area contributed by atoms with E-state index >= 15 is 0 Å². The SMILES string of the molecule is NNc1ncc(Cl)c(Sc2ccc(C(F)(F)F)cn2)n1. The quantitative estimate of drug-likeness (QED) is 0.514. The number of rotatable bonds is 3. The van der Waals surface area contributed by atoms with E-state index in [-0.39, 0.29) is 11.0 Å². The van der Waals surface area contributed by atoms with Crippen LogP contribution in [0.25, 0.3) is 0 Å². The lowest BCUT2D eigenvalue weighted by molar-refractivity contribution is -0.137. The highest BCUT2D eigenvalue weighted by Gasteiger charge is 2.30. The van der Waals surface area contributed by atoms with E-state index in [2.05, 4.69) is 20.4 Å². The molecule has 20 heavy (non-hydrogen) atoms. The lowest BCUT2D eigenvalue weighted by atomic mass is 10.3. The van der Waals surface area contributed by atoms with E-state index in [1.807, 2.05) is 0 Å². The molecule has 0 saturated carbocycles. The van der Waals surface area contributed by atoms with Crippen LogP contribution in [0.5, 0.6) is 0 Å². The minimum absolute atomic E-state index is 0.142. The van der Waals surface area contributed by atoms with Crippen LogP contribution in [0, 0.1) is 0 Å². The van der Waals surface area contributed by atoms with E-state index in [0.717, 1.165) is 24.0 Å². The summed E-state index contributed by atoms with van der Waals surface area (Å²) in [7, 11) is 0. The average Bonchev–Trinajstić information content (AvgIpc) is 2.41. The van der Waals surface area contributed by atoms with Crippen LogP contribution in [0.3, 0.4) is 0 Å². The van der Waals surface area contributed by atoms with Crippen molar-refractivity contribution in [3.63, 3.8) is 0 Å². The topological polar surface area (TPSA) is 76.7 Å². The number of nitrogens with two attached hydrogens (primary N) is 1.